The Bertz CT molecular complexity index is 1370. The van der Waals surface area contributed by atoms with E-state index in [4.69, 9.17) is 16.3 Å². The Balaban J connectivity index is 0.000000222. The van der Waals surface area contributed by atoms with Gasteiger partial charge in [0.25, 0.3) is 0 Å². The zero-order valence-electron chi connectivity index (χ0n) is 24.0. The molecular weight excluding hydrogens is 523 g/mol. The first-order valence-corrected chi connectivity index (χ1v) is 14.4. The molecule has 1 aromatic heterocycles. The van der Waals surface area contributed by atoms with Crippen molar-refractivity contribution in [3.63, 3.8) is 0 Å². The number of benzene rings is 3. The number of ether oxygens (including phenoxy) is 1. The van der Waals surface area contributed by atoms with Crippen LogP contribution in [0.3, 0.4) is 0 Å². The fourth-order valence-electron chi connectivity index (χ4n) is 5.07. The maximum atomic E-state index is 13.9. The number of aryl methyl sites for hydroxylation is 1. The van der Waals surface area contributed by atoms with Crippen molar-refractivity contribution in [2.24, 2.45) is 11.8 Å². The van der Waals surface area contributed by atoms with Crippen LogP contribution in [0.4, 0.5) is 10.2 Å². The lowest BCUT2D eigenvalue weighted by Crippen LogP contribution is -2.25. The van der Waals surface area contributed by atoms with Crippen LogP contribution >= 0.6 is 11.6 Å². The molecule has 1 aliphatic carbocycles. The van der Waals surface area contributed by atoms with Crippen molar-refractivity contribution in [1.82, 2.24) is 15.3 Å². The third kappa shape index (κ3) is 8.15. The third-order valence-corrected chi connectivity index (χ3v) is 7.76. The molecule has 1 aliphatic rings. The minimum atomic E-state index is -0.334. The van der Waals surface area contributed by atoms with E-state index in [-0.39, 0.29) is 12.4 Å². The highest BCUT2D eigenvalue weighted by molar-refractivity contribution is 6.31. The van der Waals surface area contributed by atoms with Crippen LogP contribution < -0.4 is 15.0 Å². The van der Waals surface area contributed by atoms with E-state index in [0.717, 1.165) is 58.8 Å². The molecular formula is C33H40ClFN4O. The van der Waals surface area contributed by atoms with Gasteiger partial charge in [0.1, 0.15) is 29.8 Å². The molecule has 212 valence electrons. The Hall–Kier alpha value is -3.22. The summed E-state index contributed by atoms with van der Waals surface area (Å²) in [5.74, 6) is 3.89. The number of hydrogen-bond donors (Lipinski definition) is 1. The second-order valence-electron chi connectivity index (χ2n) is 10.9. The topological polar surface area (TPSA) is 50.3 Å². The molecule has 1 saturated carbocycles. The number of fused-ring (bicyclic) bond motifs is 1. The van der Waals surface area contributed by atoms with E-state index in [1.54, 1.807) is 12.1 Å². The summed E-state index contributed by atoms with van der Waals surface area (Å²) in [5, 5.41) is 5.06. The average molecular weight is 563 g/mol. The van der Waals surface area contributed by atoms with Gasteiger partial charge in [0, 0.05) is 37.2 Å². The Morgan fingerprint density at radius 3 is 2.42 bits per heavy atom. The molecule has 0 bridgehead atoms. The summed E-state index contributed by atoms with van der Waals surface area (Å²) < 4.78 is 19.8. The molecule has 40 heavy (non-hydrogen) atoms. The summed E-state index contributed by atoms with van der Waals surface area (Å²) in [5.41, 5.74) is 2.49. The molecule has 0 unspecified atom stereocenters. The van der Waals surface area contributed by atoms with Crippen molar-refractivity contribution < 1.29 is 9.13 Å². The van der Waals surface area contributed by atoms with Gasteiger partial charge < -0.3 is 15.0 Å². The number of halogens is 2. The van der Waals surface area contributed by atoms with Crippen LogP contribution in [0, 0.1) is 24.6 Å². The van der Waals surface area contributed by atoms with Crippen molar-refractivity contribution in [1.29, 1.82) is 0 Å². The van der Waals surface area contributed by atoms with Gasteiger partial charge in [-0.05, 0) is 68.5 Å². The van der Waals surface area contributed by atoms with Crippen LogP contribution in [0.2, 0.25) is 5.02 Å². The average Bonchev–Trinajstić information content (AvgIpc) is 2.94. The Morgan fingerprint density at radius 2 is 1.68 bits per heavy atom. The van der Waals surface area contributed by atoms with Gasteiger partial charge in [-0.25, -0.2) is 14.4 Å². The van der Waals surface area contributed by atoms with Crippen LogP contribution in [0.25, 0.3) is 10.9 Å². The van der Waals surface area contributed by atoms with Gasteiger partial charge in [-0.1, -0.05) is 67.8 Å². The smallest absolute Gasteiger partial charge is 0.139 e. The molecule has 1 heterocycles. The molecule has 3 aromatic carbocycles. The summed E-state index contributed by atoms with van der Waals surface area (Å²) in [6.07, 6.45) is 5.32. The molecule has 5 nitrogen and oxygen atoms in total. The number of hydrogen-bond acceptors (Lipinski definition) is 5. The van der Waals surface area contributed by atoms with Gasteiger partial charge in [0.05, 0.1) is 10.5 Å². The number of nitrogens with one attached hydrogen (secondary N) is 1. The van der Waals surface area contributed by atoms with Gasteiger partial charge in [-0.3, -0.25) is 0 Å². The van der Waals surface area contributed by atoms with Gasteiger partial charge >= 0.3 is 0 Å². The summed E-state index contributed by atoms with van der Waals surface area (Å²) in [4.78, 5) is 10.8. The molecule has 0 aliphatic heterocycles. The molecule has 0 radical (unpaired) electrons. The van der Waals surface area contributed by atoms with E-state index in [2.05, 4.69) is 22.2 Å². The zero-order chi connectivity index (χ0) is 28.5. The van der Waals surface area contributed by atoms with E-state index in [1.807, 2.05) is 74.4 Å². The molecule has 0 amide bonds. The standard InChI is InChI=1S/C22H27ClFNO.C11H13N3/c1-16-9-11-17(12-10-16)13-25-14-18-5-2-3-8-22(18)26-15-19-20(23)6-4-7-21(19)24;1-8-12-10-7-5-4-6-9(10)11(13-8)14(2)3/h2-8,16-17,25H,9-15H2,1H3;4-7H,1-3H3. The number of nitrogens with zero attached hydrogens (tertiary/aromatic N) is 3. The van der Waals surface area contributed by atoms with Crippen LogP contribution in [0.5, 0.6) is 5.75 Å². The van der Waals surface area contributed by atoms with E-state index in [1.165, 1.54) is 31.7 Å². The Morgan fingerprint density at radius 1 is 0.950 bits per heavy atom. The number of anilines is 1. The van der Waals surface area contributed by atoms with Crippen molar-refractivity contribution in [2.75, 3.05) is 25.5 Å². The summed E-state index contributed by atoms with van der Waals surface area (Å²) >= 11 is 6.08. The van der Waals surface area contributed by atoms with Crippen LogP contribution in [0.1, 0.15) is 49.6 Å². The highest BCUT2D eigenvalue weighted by Gasteiger charge is 2.18. The van der Waals surface area contributed by atoms with Crippen LogP contribution in [0.15, 0.2) is 66.7 Å². The van der Waals surface area contributed by atoms with Crippen molar-refractivity contribution in [3.05, 3.63) is 94.5 Å². The fraction of sp³-hybridized carbons (Fsp3) is 0.394. The van der Waals surface area contributed by atoms with Crippen molar-refractivity contribution in [3.8, 4) is 5.75 Å². The molecule has 4 aromatic rings. The summed E-state index contributed by atoms with van der Waals surface area (Å²) in [6, 6.07) is 20.7. The monoisotopic (exact) mass is 562 g/mol. The normalized spacial score (nSPS) is 16.8. The predicted molar refractivity (Wildman–Crippen MR) is 164 cm³/mol. The molecule has 1 fully saturated rings. The minimum absolute atomic E-state index is 0.128. The highest BCUT2D eigenvalue weighted by atomic mass is 35.5. The second kappa shape index (κ2) is 14.4. The second-order valence-corrected chi connectivity index (χ2v) is 11.3. The summed E-state index contributed by atoms with van der Waals surface area (Å²) in [6.45, 7) is 6.19. The van der Waals surface area contributed by atoms with E-state index < -0.39 is 0 Å². The summed E-state index contributed by atoms with van der Waals surface area (Å²) in [7, 11) is 3.99. The molecule has 0 spiro atoms. The molecule has 7 heteroatoms. The Kier molecular flexibility index (Phi) is 10.7. The quantitative estimate of drug-likeness (QED) is 0.236. The SMILES string of the molecule is CC1CCC(CNCc2ccccc2OCc2c(F)cccc2Cl)CC1.Cc1nc(N(C)C)c2ccccc2n1. The molecule has 0 atom stereocenters. The Labute approximate surface area is 242 Å². The van der Waals surface area contributed by atoms with E-state index >= 15 is 0 Å². The van der Waals surface area contributed by atoms with Gasteiger partial charge in [-0.2, -0.15) is 0 Å². The maximum absolute atomic E-state index is 13.9. The minimum Gasteiger partial charge on any atom is -0.488 e. The van der Waals surface area contributed by atoms with Crippen molar-refractivity contribution >= 4 is 28.3 Å². The van der Waals surface area contributed by atoms with Crippen LogP contribution in [-0.4, -0.2) is 30.6 Å². The number of para-hydroxylation sites is 2. The predicted octanol–water partition coefficient (Wildman–Crippen LogP) is 7.98. The van der Waals surface area contributed by atoms with E-state index in [0.29, 0.717) is 10.6 Å². The third-order valence-electron chi connectivity index (χ3n) is 7.41. The first kappa shape index (κ1) is 29.8. The molecule has 5 rings (SSSR count). The van der Waals surface area contributed by atoms with Gasteiger partial charge in [0.2, 0.25) is 0 Å². The molecule has 1 N–H and O–H groups in total. The molecule has 0 saturated heterocycles. The lowest BCUT2D eigenvalue weighted by atomic mass is 9.83. The first-order valence-electron chi connectivity index (χ1n) is 14.1. The lowest BCUT2D eigenvalue weighted by molar-refractivity contribution is 0.278. The number of rotatable bonds is 8. The van der Waals surface area contributed by atoms with Crippen LogP contribution in [-0.2, 0) is 13.2 Å². The number of aromatic nitrogens is 2. The fourth-order valence-corrected chi connectivity index (χ4v) is 5.29. The highest BCUT2D eigenvalue weighted by Crippen LogP contribution is 2.28. The maximum Gasteiger partial charge on any atom is 0.139 e. The van der Waals surface area contributed by atoms with Gasteiger partial charge in [-0.15, -0.1) is 0 Å². The first-order chi connectivity index (χ1) is 19.3. The van der Waals surface area contributed by atoms with Crippen molar-refractivity contribution in [2.45, 2.75) is 52.7 Å². The van der Waals surface area contributed by atoms with Gasteiger partial charge in [0.15, 0.2) is 0 Å². The lowest BCUT2D eigenvalue weighted by Gasteiger charge is -2.26. The zero-order valence-corrected chi connectivity index (χ0v) is 24.7. The largest absolute Gasteiger partial charge is 0.488 e. The van der Waals surface area contributed by atoms with E-state index in [9.17, 15) is 4.39 Å².